The van der Waals surface area contributed by atoms with Gasteiger partial charge in [0, 0.05) is 30.4 Å². The first-order valence-corrected chi connectivity index (χ1v) is 10.3. The highest BCUT2D eigenvalue weighted by molar-refractivity contribution is 5.95. The third kappa shape index (κ3) is 2.40. The molecule has 2 saturated carbocycles. The molecule has 6 nitrogen and oxygen atoms in total. The molecular weight excluding hydrogens is 350 g/mol. The molecule has 1 amide bonds. The molecule has 3 heterocycles. The lowest BCUT2D eigenvalue weighted by molar-refractivity contribution is 0.0718. The maximum absolute atomic E-state index is 13.3. The number of carbonyl (C=O) groups excluding carboxylic acids is 1. The van der Waals surface area contributed by atoms with Gasteiger partial charge in [-0.15, -0.1) is 10.2 Å². The third-order valence-electron chi connectivity index (χ3n) is 6.95. The number of pyridine rings is 1. The second-order valence-corrected chi connectivity index (χ2v) is 8.67. The zero-order chi connectivity index (χ0) is 18.7. The molecule has 1 unspecified atom stereocenters. The predicted octanol–water partition coefficient (Wildman–Crippen LogP) is 3.57. The number of amides is 1. The first kappa shape index (κ1) is 16.2. The van der Waals surface area contributed by atoms with Crippen LogP contribution in [0, 0.1) is 5.41 Å². The molecule has 1 spiro atoms. The summed E-state index contributed by atoms with van der Waals surface area (Å²) in [5, 5.41) is 9.78. The van der Waals surface area contributed by atoms with Gasteiger partial charge in [0.25, 0.3) is 5.91 Å². The van der Waals surface area contributed by atoms with Crippen molar-refractivity contribution in [2.75, 3.05) is 13.1 Å². The van der Waals surface area contributed by atoms with Crippen LogP contribution in [0.25, 0.3) is 10.9 Å². The lowest BCUT2D eigenvalue weighted by atomic mass is 9.62. The minimum absolute atomic E-state index is 0.0389. The molecule has 6 rings (SSSR count). The van der Waals surface area contributed by atoms with Crippen LogP contribution in [-0.4, -0.2) is 43.6 Å². The van der Waals surface area contributed by atoms with E-state index in [9.17, 15) is 4.79 Å². The van der Waals surface area contributed by atoms with E-state index in [-0.39, 0.29) is 17.2 Å². The fourth-order valence-electron chi connectivity index (χ4n) is 5.10. The Labute approximate surface area is 163 Å². The number of aromatic nitrogens is 4. The molecule has 1 aliphatic heterocycles. The van der Waals surface area contributed by atoms with Crippen LogP contribution in [0.2, 0.25) is 0 Å². The van der Waals surface area contributed by atoms with Crippen molar-refractivity contribution in [3.05, 3.63) is 54.2 Å². The molecule has 2 aromatic heterocycles. The van der Waals surface area contributed by atoms with Crippen LogP contribution in [0.1, 0.15) is 60.4 Å². The Balaban J connectivity index is 1.32. The van der Waals surface area contributed by atoms with Crippen LogP contribution in [0.4, 0.5) is 0 Å². The standard InChI is InChI=1S/C22H23N5O/c28-21(19-9-6-15-4-1-2-5-18(15)24-19)26-12-17(22(13-26)10-3-11-22)20-25-23-14-27(20)16-7-8-16/h1-2,4-6,9,14,16-17H,3,7-8,10-13H2. The predicted molar refractivity (Wildman–Crippen MR) is 105 cm³/mol. The van der Waals surface area contributed by atoms with Gasteiger partial charge in [-0.3, -0.25) is 4.79 Å². The lowest BCUT2D eigenvalue weighted by Gasteiger charge is -2.42. The molecule has 2 aliphatic carbocycles. The van der Waals surface area contributed by atoms with Crippen molar-refractivity contribution in [3.8, 4) is 0 Å². The van der Waals surface area contributed by atoms with Gasteiger partial charge in [-0.2, -0.15) is 0 Å². The van der Waals surface area contributed by atoms with Gasteiger partial charge in [-0.1, -0.05) is 30.7 Å². The van der Waals surface area contributed by atoms with Gasteiger partial charge < -0.3 is 9.47 Å². The summed E-state index contributed by atoms with van der Waals surface area (Å²) >= 11 is 0. The van der Waals surface area contributed by atoms with Crippen LogP contribution in [0.3, 0.4) is 0 Å². The van der Waals surface area contributed by atoms with Crippen LogP contribution in [-0.2, 0) is 0 Å². The maximum atomic E-state index is 13.3. The summed E-state index contributed by atoms with van der Waals surface area (Å²) in [7, 11) is 0. The SMILES string of the molecule is O=C(c1ccc2ccccc2n1)N1CC(c2nncn2C2CC2)C2(CCC2)C1. The number of hydrogen-bond donors (Lipinski definition) is 0. The molecule has 1 saturated heterocycles. The van der Waals surface area contributed by atoms with E-state index in [4.69, 9.17) is 0 Å². The van der Waals surface area contributed by atoms with Gasteiger partial charge >= 0.3 is 0 Å². The van der Waals surface area contributed by atoms with Crippen molar-refractivity contribution < 1.29 is 4.79 Å². The van der Waals surface area contributed by atoms with Gasteiger partial charge in [0.1, 0.15) is 17.8 Å². The Hall–Kier alpha value is -2.76. The quantitative estimate of drug-likeness (QED) is 0.704. The summed E-state index contributed by atoms with van der Waals surface area (Å²) in [6, 6.07) is 12.4. The Morgan fingerprint density at radius 2 is 1.96 bits per heavy atom. The summed E-state index contributed by atoms with van der Waals surface area (Å²) in [6.45, 7) is 1.53. The monoisotopic (exact) mass is 373 g/mol. The van der Waals surface area contributed by atoms with Crippen molar-refractivity contribution in [1.82, 2.24) is 24.6 Å². The molecular formula is C22H23N5O. The fourth-order valence-corrected chi connectivity index (χ4v) is 5.10. The van der Waals surface area contributed by atoms with Crippen LogP contribution >= 0.6 is 0 Å². The molecule has 1 aromatic carbocycles. The number of para-hydroxylation sites is 1. The minimum Gasteiger partial charge on any atom is -0.336 e. The smallest absolute Gasteiger partial charge is 0.272 e. The normalized spacial score (nSPS) is 23.3. The second-order valence-electron chi connectivity index (χ2n) is 8.67. The molecule has 28 heavy (non-hydrogen) atoms. The van der Waals surface area contributed by atoms with E-state index in [0.717, 1.165) is 29.8 Å². The zero-order valence-corrected chi connectivity index (χ0v) is 15.8. The molecule has 0 N–H and O–H groups in total. The Morgan fingerprint density at radius 1 is 1.11 bits per heavy atom. The number of nitrogens with zero attached hydrogens (tertiary/aromatic N) is 5. The summed E-state index contributed by atoms with van der Waals surface area (Å²) in [4.78, 5) is 19.9. The van der Waals surface area contributed by atoms with Crippen LogP contribution in [0.15, 0.2) is 42.7 Å². The van der Waals surface area contributed by atoms with Crippen molar-refractivity contribution in [3.63, 3.8) is 0 Å². The van der Waals surface area contributed by atoms with Crippen molar-refractivity contribution >= 4 is 16.8 Å². The van der Waals surface area contributed by atoms with Crippen molar-refractivity contribution in [2.45, 2.75) is 44.1 Å². The number of rotatable bonds is 3. The van der Waals surface area contributed by atoms with E-state index < -0.39 is 0 Å². The minimum atomic E-state index is 0.0389. The summed E-state index contributed by atoms with van der Waals surface area (Å²) in [5.74, 6) is 1.41. The molecule has 0 radical (unpaired) electrons. The fraction of sp³-hybridized carbons (Fsp3) is 0.455. The molecule has 142 valence electrons. The third-order valence-corrected chi connectivity index (χ3v) is 6.95. The number of carbonyl (C=O) groups is 1. The summed E-state index contributed by atoms with van der Waals surface area (Å²) in [6.07, 6.45) is 7.90. The van der Waals surface area contributed by atoms with E-state index in [2.05, 4.69) is 19.7 Å². The first-order chi connectivity index (χ1) is 13.7. The number of fused-ring (bicyclic) bond motifs is 1. The molecule has 1 atom stereocenters. The molecule has 3 fully saturated rings. The van der Waals surface area contributed by atoms with E-state index >= 15 is 0 Å². The molecule has 6 heteroatoms. The Morgan fingerprint density at radius 3 is 2.75 bits per heavy atom. The van der Waals surface area contributed by atoms with E-state index in [1.165, 1.54) is 32.1 Å². The van der Waals surface area contributed by atoms with Gasteiger partial charge in [-0.25, -0.2) is 4.98 Å². The van der Waals surface area contributed by atoms with Gasteiger partial charge in [-0.05, 0) is 43.2 Å². The van der Waals surface area contributed by atoms with Gasteiger partial charge in [0.05, 0.1) is 5.52 Å². The topological polar surface area (TPSA) is 63.9 Å². The summed E-state index contributed by atoms with van der Waals surface area (Å²) in [5.41, 5.74) is 1.58. The lowest BCUT2D eigenvalue weighted by Crippen LogP contribution is -2.38. The van der Waals surface area contributed by atoms with E-state index in [1.54, 1.807) is 0 Å². The highest BCUT2D eigenvalue weighted by Crippen LogP contribution is 2.56. The van der Waals surface area contributed by atoms with E-state index in [0.29, 0.717) is 11.7 Å². The maximum Gasteiger partial charge on any atom is 0.272 e. The van der Waals surface area contributed by atoms with Crippen LogP contribution in [0.5, 0.6) is 0 Å². The Bertz CT molecular complexity index is 1070. The molecule has 3 aliphatic rings. The first-order valence-electron chi connectivity index (χ1n) is 10.3. The molecule has 3 aromatic rings. The highest BCUT2D eigenvalue weighted by Gasteiger charge is 2.54. The van der Waals surface area contributed by atoms with Crippen molar-refractivity contribution in [1.29, 1.82) is 0 Å². The van der Waals surface area contributed by atoms with Crippen molar-refractivity contribution in [2.24, 2.45) is 5.41 Å². The summed E-state index contributed by atoms with van der Waals surface area (Å²) < 4.78 is 2.27. The number of hydrogen-bond acceptors (Lipinski definition) is 4. The Kier molecular flexibility index (Phi) is 3.40. The number of benzene rings is 1. The second kappa shape index (κ2) is 5.87. The van der Waals surface area contributed by atoms with Gasteiger partial charge in [0.15, 0.2) is 0 Å². The average molecular weight is 373 g/mol. The zero-order valence-electron chi connectivity index (χ0n) is 15.8. The molecule has 0 bridgehead atoms. The van der Waals surface area contributed by atoms with Gasteiger partial charge in [0.2, 0.25) is 0 Å². The largest absolute Gasteiger partial charge is 0.336 e. The van der Waals surface area contributed by atoms with Crippen LogP contribution < -0.4 is 0 Å². The van der Waals surface area contributed by atoms with E-state index in [1.807, 2.05) is 47.6 Å². The number of likely N-dealkylation sites (tertiary alicyclic amines) is 1. The average Bonchev–Trinajstić information content (AvgIpc) is 3.28. The highest BCUT2D eigenvalue weighted by atomic mass is 16.2.